The molecule has 0 saturated heterocycles. The number of aromatic carboxylic acids is 1. The normalized spacial score (nSPS) is 13.3. The number of benzene rings is 2. The summed E-state index contributed by atoms with van der Waals surface area (Å²) in [6.07, 6.45) is 0. The molecule has 0 atom stereocenters. The van der Waals surface area contributed by atoms with E-state index >= 15 is 0 Å². The maximum Gasteiger partial charge on any atom is 0.346 e. The lowest BCUT2D eigenvalue weighted by Gasteiger charge is -2.31. The van der Waals surface area contributed by atoms with Gasteiger partial charge in [0.15, 0.2) is 11.2 Å². The molecule has 0 saturated carbocycles. The van der Waals surface area contributed by atoms with Gasteiger partial charge in [0.1, 0.15) is 11.5 Å². The molecule has 0 aromatic heterocycles. The van der Waals surface area contributed by atoms with Crippen molar-refractivity contribution in [3.05, 3.63) is 58.1 Å². The van der Waals surface area contributed by atoms with Gasteiger partial charge in [-0.15, -0.1) is 0 Å². The number of carbonyl (C=O) groups is 3. The van der Waals surface area contributed by atoms with Gasteiger partial charge in [-0.25, -0.2) is 4.79 Å². The summed E-state index contributed by atoms with van der Waals surface area (Å²) in [5.74, 6) is -2.87. The van der Waals surface area contributed by atoms with Gasteiger partial charge < -0.3 is 33.0 Å². The number of aromatic hydroxyl groups is 1. The first-order valence-electron chi connectivity index (χ1n) is 13.3. The molecule has 0 amide bonds. The van der Waals surface area contributed by atoms with Gasteiger partial charge in [-0.2, -0.15) is 11.8 Å². The number of hydrogen-bond acceptors (Lipinski definition) is 12. The first-order valence-corrected chi connectivity index (χ1v) is 17.7. The third-order valence-electron chi connectivity index (χ3n) is 6.05. The van der Waals surface area contributed by atoms with Gasteiger partial charge in [-0.1, -0.05) is 12.1 Å². The summed E-state index contributed by atoms with van der Waals surface area (Å²) >= 11 is 1.23. The number of phenolic OH excluding ortho intramolecular Hbond substituents is 1. The van der Waals surface area contributed by atoms with E-state index in [-0.39, 0.29) is 78.1 Å². The van der Waals surface area contributed by atoms with Crippen LogP contribution in [0.1, 0.15) is 69.9 Å². The molecular weight excluding hydrogens is 610 g/mol. The number of thioether (sulfide) groups is 1. The van der Waals surface area contributed by atoms with Crippen molar-refractivity contribution >= 4 is 44.5 Å². The van der Waals surface area contributed by atoms with Crippen molar-refractivity contribution in [2.24, 2.45) is 0 Å². The fourth-order valence-corrected chi connectivity index (χ4v) is 11.5. The maximum absolute atomic E-state index is 13.7. The third-order valence-corrected chi connectivity index (χ3v) is 13.6. The molecule has 1 aliphatic carbocycles. The Morgan fingerprint density at radius 2 is 1.43 bits per heavy atom. The molecule has 0 spiro atoms. The van der Waals surface area contributed by atoms with E-state index in [1.807, 2.05) is 0 Å². The molecule has 0 unspecified atom stereocenters. The highest BCUT2D eigenvalue weighted by Crippen LogP contribution is 2.70. The number of hydrogen-bond donors (Lipinski definition) is 2. The number of carboxylic acid groups (broad SMARTS) is 1. The summed E-state index contributed by atoms with van der Waals surface area (Å²) in [4.78, 5) is 37.9. The number of phenols is 1. The van der Waals surface area contributed by atoms with E-state index in [9.17, 15) is 33.7 Å². The van der Waals surface area contributed by atoms with E-state index < -0.39 is 43.9 Å². The average Bonchev–Trinajstić information content (AvgIpc) is 2.93. The molecule has 0 bridgehead atoms. The Balaban J connectivity index is 1.79. The minimum atomic E-state index is -3.91. The van der Waals surface area contributed by atoms with E-state index in [4.69, 9.17) is 22.8 Å². The topological polar surface area (TPSA) is 172 Å². The zero-order chi connectivity index (χ0) is 31.1. The van der Waals surface area contributed by atoms with Crippen molar-refractivity contribution in [2.75, 3.05) is 44.5 Å². The van der Waals surface area contributed by atoms with Gasteiger partial charge in [-0.3, -0.25) is 18.7 Å². The summed E-state index contributed by atoms with van der Waals surface area (Å²) < 4.78 is 55.1. The summed E-state index contributed by atoms with van der Waals surface area (Å²) in [5, 5.41) is 18.5. The number of carboxylic acids is 1. The van der Waals surface area contributed by atoms with Crippen LogP contribution < -0.4 is 4.74 Å². The molecule has 3 rings (SSSR count). The quantitative estimate of drug-likeness (QED) is 0.133. The van der Waals surface area contributed by atoms with Crippen molar-refractivity contribution in [2.45, 2.75) is 33.1 Å². The van der Waals surface area contributed by atoms with E-state index in [0.717, 1.165) is 12.1 Å². The summed E-state index contributed by atoms with van der Waals surface area (Å²) in [6, 6.07) is 6.43. The number of ketones is 2. The Hall–Kier alpha value is -2.50. The Morgan fingerprint density at radius 3 is 1.95 bits per heavy atom. The summed E-state index contributed by atoms with van der Waals surface area (Å²) in [5.41, 5.74) is -0.857. The third kappa shape index (κ3) is 7.17. The van der Waals surface area contributed by atoms with Crippen molar-refractivity contribution in [1.29, 1.82) is 0 Å². The Labute approximate surface area is 248 Å². The molecule has 230 valence electrons. The van der Waals surface area contributed by atoms with Crippen LogP contribution in [0.3, 0.4) is 0 Å². The molecule has 2 aromatic carbocycles. The second-order valence-electron chi connectivity index (χ2n) is 8.71. The van der Waals surface area contributed by atoms with Gasteiger partial charge in [0.05, 0.1) is 49.7 Å². The zero-order valence-electron chi connectivity index (χ0n) is 23.7. The van der Waals surface area contributed by atoms with Gasteiger partial charge in [0, 0.05) is 22.6 Å². The number of ether oxygens (including phenoxy) is 1. The fourth-order valence-electron chi connectivity index (χ4n) is 4.41. The van der Waals surface area contributed by atoms with E-state index in [2.05, 4.69) is 0 Å². The standard InChI is InChI=1S/C27H34O12P2S/c1-5-36-40(33,37-6-2)22(41(34,38-7-3)39-8-4)16-42-13-12-35-21-11-9-10-18-24(21)26(30)23-19(25(18)29)14-17(27(31)32)15-20(23)28/h9-11,14-15,22,28H,5-8,12-13,16H2,1-4H3,(H,31,32). The van der Waals surface area contributed by atoms with Crippen LogP contribution in [0.15, 0.2) is 30.3 Å². The van der Waals surface area contributed by atoms with Crippen LogP contribution >= 0.6 is 27.0 Å². The van der Waals surface area contributed by atoms with Crippen molar-refractivity contribution in [3.8, 4) is 11.5 Å². The molecule has 42 heavy (non-hydrogen) atoms. The molecule has 1 aliphatic rings. The van der Waals surface area contributed by atoms with Crippen LogP contribution in [-0.4, -0.2) is 77.7 Å². The van der Waals surface area contributed by atoms with Crippen molar-refractivity contribution < 1.29 is 56.6 Å². The molecule has 0 aliphatic heterocycles. The zero-order valence-corrected chi connectivity index (χ0v) is 26.3. The van der Waals surface area contributed by atoms with Crippen LogP contribution in [0, 0.1) is 0 Å². The minimum absolute atomic E-state index is 0.0170. The SMILES string of the molecule is CCOP(=O)(OCC)C(CSCCOc1cccc2c1C(=O)c1c(O)cc(C(=O)O)cc1C2=O)P(=O)(OCC)OCC. The molecule has 0 fully saturated rings. The van der Waals surface area contributed by atoms with Gasteiger partial charge in [0.2, 0.25) is 5.78 Å². The lowest BCUT2D eigenvalue weighted by atomic mass is 9.82. The fraction of sp³-hybridized carbons (Fsp3) is 0.444. The van der Waals surface area contributed by atoms with Crippen molar-refractivity contribution in [1.82, 2.24) is 0 Å². The van der Waals surface area contributed by atoms with Crippen LogP contribution in [0.2, 0.25) is 0 Å². The van der Waals surface area contributed by atoms with Crippen LogP contribution in [0.4, 0.5) is 0 Å². The monoisotopic (exact) mass is 644 g/mol. The predicted molar refractivity (Wildman–Crippen MR) is 157 cm³/mol. The van der Waals surface area contributed by atoms with Crippen LogP contribution in [-0.2, 0) is 27.2 Å². The highest BCUT2D eigenvalue weighted by Gasteiger charge is 2.50. The number of fused-ring (bicyclic) bond motifs is 2. The van der Waals surface area contributed by atoms with Gasteiger partial charge in [0.25, 0.3) is 0 Å². The summed E-state index contributed by atoms with van der Waals surface area (Å²) in [7, 11) is -7.82. The molecule has 12 nitrogen and oxygen atoms in total. The van der Waals surface area contributed by atoms with E-state index in [0.29, 0.717) is 0 Å². The molecular formula is C27H34O12P2S. The van der Waals surface area contributed by atoms with Gasteiger partial charge >= 0.3 is 21.2 Å². The van der Waals surface area contributed by atoms with E-state index in [1.54, 1.807) is 27.7 Å². The lowest BCUT2D eigenvalue weighted by molar-refractivity contribution is 0.0695. The molecule has 15 heteroatoms. The average molecular weight is 645 g/mol. The first-order chi connectivity index (χ1) is 20.0. The molecule has 2 N–H and O–H groups in total. The minimum Gasteiger partial charge on any atom is -0.507 e. The summed E-state index contributed by atoms with van der Waals surface area (Å²) in [6.45, 7) is 6.84. The highest BCUT2D eigenvalue weighted by atomic mass is 32.2. The first kappa shape index (κ1) is 34.0. The Kier molecular flexibility index (Phi) is 12.0. The van der Waals surface area contributed by atoms with Crippen LogP contribution in [0.5, 0.6) is 11.5 Å². The lowest BCUT2D eigenvalue weighted by Crippen LogP contribution is -2.23. The highest BCUT2D eigenvalue weighted by molar-refractivity contribution is 8.00. The Bertz CT molecular complexity index is 1380. The predicted octanol–water partition coefficient (Wildman–Crippen LogP) is 5.84. The van der Waals surface area contributed by atoms with Gasteiger partial charge in [-0.05, 0) is 45.9 Å². The smallest absolute Gasteiger partial charge is 0.346 e. The number of carbonyl (C=O) groups excluding carboxylic acids is 2. The largest absolute Gasteiger partial charge is 0.507 e. The van der Waals surface area contributed by atoms with Crippen LogP contribution in [0.25, 0.3) is 0 Å². The van der Waals surface area contributed by atoms with E-state index in [1.165, 1.54) is 30.0 Å². The second kappa shape index (κ2) is 14.8. The molecule has 2 aromatic rings. The van der Waals surface area contributed by atoms with Crippen molar-refractivity contribution in [3.63, 3.8) is 0 Å². The maximum atomic E-state index is 13.7. The number of rotatable bonds is 17. The Morgan fingerprint density at radius 1 is 0.857 bits per heavy atom. The molecule has 0 radical (unpaired) electrons. The second-order valence-corrected chi connectivity index (χ2v) is 14.7. The molecule has 0 heterocycles.